The van der Waals surface area contributed by atoms with E-state index in [2.05, 4.69) is 0 Å². The predicted molar refractivity (Wildman–Crippen MR) is 87.6 cm³/mol. The van der Waals surface area contributed by atoms with Crippen LogP contribution in [0.2, 0.25) is 0 Å². The van der Waals surface area contributed by atoms with Crippen LogP contribution in [-0.2, 0) is 25.6 Å². The van der Waals surface area contributed by atoms with Crippen LogP contribution in [0.4, 0.5) is 0 Å². The topological polar surface area (TPSA) is 84.5 Å². The quantitative estimate of drug-likeness (QED) is 0.784. The molecular weight excluding hydrogens is 320 g/mol. The van der Waals surface area contributed by atoms with Crippen molar-refractivity contribution in [2.75, 3.05) is 0 Å². The van der Waals surface area contributed by atoms with E-state index in [4.69, 9.17) is 29.5 Å². The average Bonchev–Trinajstić information content (AvgIpc) is 3.06. The van der Waals surface area contributed by atoms with Crippen LogP contribution in [0.25, 0.3) is 0 Å². The van der Waals surface area contributed by atoms with Gasteiger partial charge in [0.25, 0.3) is 0 Å². The molecule has 2 heterocycles. The fourth-order valence-corrected chi connectivity index (χ4v) is 3.12. The van der Waals surface area contributed by atoms with Gasteiger partial charge in [-0.25, -0.2) is 0 Å². The second-order valence-electron chi connectivity index (χ2n) is 6.57. The van der Waals surface area contributed by atoms with E-state index in [1.54, 1.807) is 6.92 Å². The lowest BCUT2D eigenvalue weighted by Crippen LogP contribution is -2.37. The Kier molecular flexibility index (Phi) is 4.89. The Morgan fingerprint density at radius 1 is 1.16 bits per heavy atom. The number of rotatable bonds is 4. The van der Waals surface area contributed by atoms with Gasteiger partial charge >= 0.3 is 0 Å². The summed E-state index contributed by atoms with van der Waals surface area (Å²) in [6.45, 7) is 5.71. The molecule has 2 saturated heterocycles. The zero-order valence-electron chi connectivity index (χ0n) is 14.4. The van der Waals surface area contributed by atoms with Crippen molar-refractivity contribution in [1.82, 2.24) is 0 Å². The van der Waals surface area contributed by atoms with E-state index in [1.807, 2.05) is 56.3 Å². The Bertz CT molecular complexity index is 729. The van der Waals surface area contributed by atoms with Crippen LogP contribution in [0.1, 0.15) is 26.3 Å². The van der Waals surface area contributed by atoms with Crippen molar-refractivity contribution in [3.05, 3.63) is 47.0 Å². The molecular formula is C19H20N2O4. The summed E-state index contributed by atoms with van der Waals surface area (Å²) in [5, 5.41) is 18.3. The number of hydrogen-bond donors (Lipinski definition) is 0. The maximum atomic E-state index is 9.15. The summed E-state index contributed by atoms with van der Waals surface area (Å²) in [5.41, 5.74) is 1.57. The van der Waals surface area contributed by atoms with Crippen LogP contribution in [-0.4, -0.2) is 30.4 Å². The minimum absolute atomic E-state index is 0.0255. The van der Waals surface area contributed by atoms with Crippen molar-refractivity contribution in [1.29, 1.82) is 10.5 Å². The van der Waals surface area contributed by atoms with Gasteiger partial charge in [-0.15, -0.1) is 0 Å². The van der Waals surface area contributed by atoms with Gasteiger partial charge in [0.2, 0.25) is 0 Å². The van der Waals surface area contributed by atoms with Crippen molar-refractivity contribution in [2.45, 2.75) is 57.8 Å². The highest BCUT2D eigenvalue weighted by molar-refractivity contribution is 5.41. The molecule has 1 aromatic carbocycles. The second-order valence-corrected chi connectivity index (χ2v) is 6.57. The molecule has 2 aliphatic heterocycles. The Hall–Kier alpha value is -2.22. The Morgan fingerprint density at radius 2 is 1.84 bits per heavy atom. The SMILES string of the molecule is CC(=C(C#N)C#N)[C@H]1O[C@@H]2OC(C)(C)O[C@@H]2[C@H]1OCc1ccccc1. The zero-order chi connectivity index (χ0) is 18.0. The van der Waals surface area contributed by atoms with Gasteiger partial charge in [0.15, 0.2) is 12.1 Å². The van der Waals surface area contributed by atoms with Gasteiger partial charge in [-0.2, -0.15) is 10.5 Å². The Labute approximate surface area is 147 Å². The molecule has 0 radical (unpaired) electrons. The van der Waals surface area contributed by atoms with Gasteiger partial charge in [-0.3, -0.25) is 0 Å². The number of benzene rings is 1. The molecule has 0 saturated carbocycles. The number of ether oxygens (including phenoxy) is 4. The molecule has 0 bridgehead atoms. The van der Waals surface area contributed by atoms with Gasteiger partial charge in [0.05, 0.1) is 6.61 Å². The third kappa shape index (κ3) is 3.58. The summed E-state index contributed by atoms with van der Waals surface area (Å²) in [6, 6.07) is 13.6. The number of nitrogens with zero attached hydrogens (tertiary/aromatic N) is 2. The second kappa shape index (κ2) is 6.95. The van der Waals surface area contributed by atoms with E-state index in [-0.39, 0.29) is 5.57 Å². The summed E-state index contributed by atoms with van der Waals surface area (Å²) in [5.74, 6) is -0.764. The molecule has 1 aromatic rings. The zero-order valence-corrected chi connectivity index (χ0v) is 14.4. The molecule has 3 rings (SSSR count). The monoisotopic (exact) mass is 340 g/mol. The van der Waals surface area contributed by atoms with Gasteiger partial charge in [-0.1, -0.05) is 30.3 Å². The van der Waals surface area contributed by atoms with Crippen LogP contribution in [0, 0.1) is 22.7 Å². The van der Waals surface area contributed by atoms with Gasteiger partial charge in [-0.05, 0) is 31.9 Å². The number of fused-ring (bicyclic) bond motifs is 1. The lowest BCUT2D eigenvalue weighted by atomic mass is 10.00. The van der Waals surface area contributed by atoms with Gasteiger partial charge in [0.1, 0.15) is 36.0 Å². The molecule has 6 nitrogen and oxygen atoms in total. The van der Waals surface area contributed by atoms with Crippen LogP contribution in [0.5, 0.6) is 0 Å². The fourth-order valence-electron chi connectivity index (χ4n) is 3.12. The van der Waals surface area contributed by atoms with Crippen LogP contribution < -0.4 is 0 Å². The van der Waals surface area contributed by atoms with E-state index < -0.39 is 30.4 Å². The molecule has 0 N–H and O–H groups in total. The van der Waals surface area contributed by atoms with Gasteiger partial charge < -0.3 is 18.9 Å². The lowest BCUT2D eigenvalue weighted by molar-refractivity contribution is -0.214. The molecule has 0 amide bonds. The number of allylic oxidation sites excluding steroid dienone is 1. The lowest BCUT2D eigenvalue weighted by Gasteiger charge is -2.26. The van der Waals surface area contributed by atoms with Crippen molar-refractivity contribution in [2.24, 2.45) is 0 Å². The standard InChI is InChI=1S/C19H20N2O4/c1-12(14(9-20)10-21)15-16(22-11-13-7-5-4-6-8-13)17-18(23-15)25-19(2,3)24-17/h4-8,15-18H,11H2,1-3H3/t15-,16+,17-,18-/m1/s1. The Morgan fingerprint density at radius 3 is 2.48 bits per heavy atom. The summed E-state index contributed by atoms with van der Waals surface area (Å²) < 4.78 is 23.7. The van der Waals surface area contributed by atoms with Crippen molar-refractivity contribution in [3.8, 4) is 12.1 Å². The number of nitriles is 2. The molecule has 2 aliphatic rings. The minimum Gasteiger partial charge on any atom is -0.368 e. The van der Waals surface area contributed by atoms with Crippen molar-refractivity contribution < 1.29 is 18.9 Å². The molecule has 0 aromatic heterocycles. The highest BCUT2D eigenvalue weighted by Crippen LogP contribution is 2.41. The van der Waals surface area contributed by atoms with E-state index >= 15 is 0 Å². The molecule has 130 valence electrons. The Balaban J connectivity index is 1.84. The number of hydrogen-bond acceptors (Lipinski definition) is 6. The summed E-state index contributed by atoms with van der Waals surface area (Å²) >= 11 is 0. The first-order valence-electron chi connectivity index (χ1n) is 8.13. The average molecular weight is 340 g/mol. The van der Waals surface area contributed by atoms with Crippen LogP contribution in [0.3, 0.4) is 0 Å². The summed E-state index contributed by atoms with van der Waals surface area (Å²) in [6.07, 6.45) is -2.04. The van der Waals surface area contributed by atoms with Gasteiger partial charge in [0, 0.05) is 0 Å². The highest BCUT2D eigenvalue weighted by Gasteiger charge is 2.56. The fraction of sp³-hybridized carbons (Fsp3) is 0.474. The maximum Gasteiger partial charge on any atom is 0.190 e. The first kappa shape index (κ1) is 17.6. The largest absolute Gasteiger partial charge is 0.368 e. The molecule has 6 heteroatoms. The third-order valence-electron chi connectivity index (χ3n) is 4.32. The predicted octanol–water partition coefficient (Wildman–Crippen LogP) is 2.81. The summed E-state index contributed by atoms with van der Waals surface area (Å²) in [7, 11) is 0. The van der Waals surface area contributed by atoms with E-state index in [1.165, 1.54) is 0 Å². The highest BCUT2D eigenvalue weighted by atomic mass is 16.8. The van der Waals surface area contributed by atoms with Crippen molar-refractivity contribution in [3.63, 3.8) is 0 Å². The summed E-state index contributed by atoms with van der Waals surface area (Å²) in [4.78, 5) is 0. The smallest absolute Gasteiger partial charge is 0.190 e. The minimum atomic E-state index is -0.764. The third-order valence-corrected chi connectivity index (χ3v) is 4.32. The molecule has 25 heavy (non-hydrogen) atoms. The van der Waals surface area contributed by atoms with Crippen LogP contribution >= 0.6 is 0 Å². The van der Waals surface area contributed by atoms with E-state index in [9.17, 15) is 0 Å². The van der Waals surface area contributed by atoms with E-state index in [0.717, 1.165) is 5.56 Å². The normalized spacial score (nSPS) is 29.5. The van der Waals surface area contributed by atoms with Crippen LogP contribution in [0.15, 0.2) is 41.5 Å². The molecule has 0 spiro atoms. The maximum absolute atomic E-state index is 9.15. The van der Waals surface area contributed by atoms with E-state index in [0.29, 0.717) is 12.2 Å². The molecule has 0 aliphatic carbocycles. The molecule has 2 fully saturated rings. The van der Waals surface area contributed by atoms with Crippen molar-refractivity contribution >= 4 is 0 Å². The molecule has 0 unspecified atom stereocenters. The first-order chi connectivity index (χ1) is 11.9. The first-order valence-corrected chi connectivity index (χ1v) is 8.13. The molecule has 4 atom stereocenters.